The zero-order valence-electron chi connectivity index (χ0n) is 13.3. The molecule has 2 rings (SSSR count). The Morgan fingerprint density at radius 1 is 0.952 bits per heavy atom. The van der Waals surface area contributed by atoms with Crippen LogP contribution in [-0.2, 0) is 0 Å². The summed E-state index contributed by atoms with van der Waals surface area (Å²) in [5, 5.41) is 19.3. The molecule has 118 valence electrons. The summed E-state index contributed by atoms with van der Waals surface area (Å²) in [7, 11) is 0. The molecule has 1 aliphatic carbocycles. The van der Waals surface area contributed by atoms with Gasteiger partial charge in [0, 0.05) is 18.8 Å². The molecule has 0 saturated heterocycles. The van der Waals surface area contributed by atoms with Crippen LogP contribution in [0.2, 0.25) is 0 Å². The van der Waals surface area contributed by atoms with Gasteiger partial charge < -0.3 is 15.1 Å². The van der Waals surface area contributed by atoms with Crippen molar-refractivity contribution in [3.8, 4) is 0 Å². The lowest BCUT2D eigenvalue weighted by molar-refractivity contribution is 0.178. The van der Waals surface area contributed by atoms with Crippen molar-refractivity contribution in [3.63, 3.8) is 0 Å². The van der Waals surface area contributed by atoms with E-state index in [-0.39, 0.29) is 0 Å². The van der Waals surface area contributed by atoms with Crippen LogP contribution in [0.25, 0.3) is 0 Å². The van der Waals surface area contributed by atoms with Gasteiger partial charge in [0.2, 0.25) is 0 Å². The highest BCUT2D eigenvalue weighted by Gasteiger charge is 2.16. The van der Waals surface area contributed by atoms with Crippen molar-refractivity contribution in [2.75, 3.05) is 18.0 Å². The van der Waals surface area contributed by atoms with E-state index in [9.17, 15) is 10.2 Å². The molecule has 2 atom stereocenters. The molecule has 2 unspecified atom stereocenters. The Kier molecular flexibility index (Phi) is 6.07. The topological polar surface area (TPSA) is 43.7 Å². The Labute approximate surface area is 128 Å². The van der Waals surface area contributed by atoms with Crippen molar-refractivity contribution in [3.05, 3.63) is 29.8 Å². The monoisotopic (exact) mass is 291 g/mol. The van der Waals surface area contributed by atoms with Crippen LogP contribution in [0, 0.1) is 0 Å². The fourth-order valence-corrected chi connectivity index (χ4v) is 3.32. The first-order valence-corrected chi connectivity index (χ1v) is 8.27. The molecular formula is C18H29NO2. The second kappa shape index (κ2) is 7.81. The average molecular weight is 291 g/mol. The van der Waals surface area contributed by atoms with Gasteiger partial charge >= 0.3 is 0 Å². The normalized spacial score (nSPS) is 19.2. The summed E-state index contributed by atoms with van der Waals surface area (Å²) in [6.45, 7) is 4.66. The summed E-state index contributed by atoms with van der Waals surface area (Å²) in [6, 6.07) is 8.72. The quantitative estimate of drug-likeness (QED) is 0.845. The second-order valence-corrected chi connectivity index (χ2v) is 6.53. The van der Waals surface area contributed by atoms with Gasteiger partial charge in [-0.15, -0.1) is 0 Å². The fraction of sp³-hybridized carbons (Fsp3) is 0.667. The van der Waals surface area contributed by atoms with Crippen molar-refractivity contribution in [2.24, 2.45) is 0 Å². The number of nitrogens with zero attached hydrogens (tertiary/aromatic N) is 1. The molecular weight excluding hydrogens is 262 g/mol. The Morgan fingerprint density at radius 3 is 1.95 bits per heavy atom. The summed E-state index contributed by atoms with van der Waals surface area (Å²) < 4.78 is 0. The first-order chi connectivity index (χ1) is 10.1. The number of hydrogen-bond acceptors (Lipinski definition) is 3. The van der Waals surface area contributed by atoms with Gasteiger partial charge in [-0.25, -0.2) is 0 Å². The molecule has 0 aliphatic heterocycles. The minimum atomic E-state index is -0.401. The molecule has 0 amide bonds. The molecule has 2 N–H and O–H groups in total. The largest absolute Gasteiger partial charge is 0.392 e. The molecule has 3 nitrogen and oxygen atoms in total. The molecule has 0 bridgehead atoms. The van der Waals surface area contributed by atoms with Gasteiger partial charge in [0.1, 0.15) is 0 Å². The van der Waals surface area contributed by atoms with Crippen molar-refractivity contribution in [1.29, 1.82) is 0 Å². The van der Waals surface area contributed by atoms with Gasteiger partial charge in [-0.1, -0.05) is 31.4 Å². The zero-order valence-corrected chi connectivity index (χ0v) is 13.3. The van der Waals surface area contributed by atoms with E-state index in [0.29, 0.717) is 13.1 Å². The van der Waals surface area contributed by atoms with E-state index in [4.69, 9.17) is 0 Å². The molecule has 1 fully saturated rings. The fourth-order valence-electron chi connectivity index (χ4n) is 3.32. The van der Waals surface area contributed by atoms with E-state index < -0.39 is 12.2 Å². The summed E-state index contributed by atoms with van der Waals surface area (Å²) >= 11 is 0. The third-order valence-corrected chi connectivity index (χ3v) is 4.30. The van der Waals surface area contributed by atoms with Crippen LogP contribution in [0.4, 0.5) is 5.69 Å². The minimum absolute atomic E-state index is 0.401. The highest BCUT2D eigenvalue weighted by atomic mass is 16.3. The van der Waals surface area contributed by atoms with Gasteiger partial charge in [0.05, 0.1) is 12.2 Å². The van der Waals surface area contributed by atoms with Crippen LogP contribution < -0.4 is 4.90 Å². The van der Waals surface area contributed by atoms with Gasteiger partial charge in [-0.3, -0.25) is 0 Å². The predicted octanol–water partition coefficient (Wildman–Crippen LogP) is 3.30. The zero-order chi connectivity index (χ0) is 15.2. The van der Waals surface area contributed by atoms with E-state index in [1.165, 1.54) is 37.7 Å². The Morgan fingerprint density at radius 2 is 1.48 bits per heavy atom. The summed E-state index contributed by atoms with van der Waals surface area (Å²) in [6.07, 6.45) is 5.90. The van der Waals surface area contributed by atoms with Crippen LogP contribution in [0.15, 0.2) is 24.3 Å². The van der Waals surface area contributed by atoms with Gasteiger partial charge in [-0.2, -0.15) is 0 Å². The third-order valence-electron chi connectivity index (χ3n) is 4.30. The van der Waals surface area contributed by atoms with E-state index >= 15 is 0 Å². The first kappa shape index (κ1) is 16.3. The molecule has 0 spiro atoms. The number of aliphatic hydroxyl groups is 2. The molecule has 21 heavy (non-hydrogen) atoms. The smallest absolute Gasteiger partial charge is 0.0687 e. The van der Waals surface area contributed by atoms with E-state index in [1.54, 1.807) is 13.8 Å². The molecule has 3 heteroatoms. The second-order valence-electron chi connectivity index (χ2n) is 6.53. The van der Waals surface area contributed by atoms with Gasteiger partial charge in [0.25, 0.3) is 0 Å². The summed E-state index contributed by atoms with van der Waals surface area (Å²) in [5.74, 6) is 0.717. The standard InChI is InChI=1S/C18H29NO2/c1-14(20)12-19(13-15(2)21)18-10-8-17(9-11-18)16-6-4-3-5-7-16/h8-11,14-16,20-21H,3-7,12-13H2,1-2H3. The molecule has 0 aromatic heterocycles. The van der Waals surface area contributed by atoms with Crippen molar-refractivity contribution < 1.29 is 10.2 Å². The number of anilines is 1. The Hall–Kier alpha value is -1.06. The van der Waals surface area contributed by atoms with Crippen molar-refractivity contribution >= 4 is 5.69 Å². The maximum absolute atomic E-state index is 9.63. The number of rotatable bonds is 6. The van der Waals surface area contributed by atoms with E-state index in [1.807, 2.05) is 0 Å². The highest BCUT2D eigenvalue weighted by Crippen LogP contribution is 2.33. The molecule has 0 heterocycles. The Bertz CT molecular complexity index is 398. The average Bonchev–Trinajstić information content (AvgIpc) is 2.47. The third kappa shape index (κ3) is 5.01. The lowest BCUT2D eigenvalue weighted by atomic mass is 9.84. The van der Waals surface area contributed by atoms with E-state index in [0.717, 1.165) is 11.6 Å². The summed E-state index contributed by atoms with van der Waals surface area (Å²) in [5.41, 5.74) is 2.52. The van der Waals surface area contributed by atoms with Crippen molar-refractivity contribution in [2.45, 2.75) is 64.1 Å². The number of benzene rings is 1. The molecule has 1 saturated carbocycles. The minimum Gasteiger partial charge on any atom is -0.392 e. The highest BCUT2D eigenvalue weighted by molar-refractivity contribution is 5.48. The van der Waals surface area contributed by atoms with Crippen LogP contribution in [0.3, 0.4) is 0 Å². The lowest BCUT2D eigenvalue weighted by Gasteiger charge is -2.28. The van der Waals surface area contributed by atoms with Crippen molar-refractivity contribution in [1.82, 2.24) is 0 Å². The van der Waals surface area contributed by atoms with E-state index in [2.05, 4.69) is 29.2 Å². The molecule has 1 aromatic rings. The van der Waals surface area contributed by atoms with Gasteiger partial charge in [0.15, 0.2) is 0 Å². The SMILES string of the molecule is CC(O)CN(CC(C)O)c1ccc(C2CCCCC2)cc1. The first-order valence-electron chi connectivity index (χ1n) is 8.27. The molecule has 1 aliphatic rings. The summed E-state index contributed by atoms with van der Waals surface area (Å²) in [4.78, 5) is 2.06. The van der Waals surface area contributed by atoms with Crippen LogP contribution in [0.1, 0.15) is 57.4 Å². The number of aliphatic hydroxyl groups excluding tert-OH is 2. The van der Waals surface area contributed by atoms with Crippen LogP contribution in [-0.4, -0.2) is 35.5 Å². The van der Waals surface area contributed by atoms with Crippen LogP contribution in [0.5, 0.6) is 0 Å². The number of hydrogen-bond donors (Lipinski definition) is 2. The molecule has 0 radical (unpaired) electrons. The maximum Gasteiger partial charge on any atom is 0.0687 e. The lowest BCUT2D eigenvalue weighted by Crippen LogP contribution is -2.36. The van der Waals surface area contributed by atoms with Gasteiger partial charge in [-0.05, 0) is 50.3 Å². The Balaban J connectivity index is 2.06. The predicted molar refractivity (Wildman–Crippen MR) is 87.8 cm³/mol. The van der Waals surface area contributed by atoms with Crippen LogP contribution >= 0.6 is 0 Å². The maximum atomic E-state index is 9.63. The molecule has 1 aromatic carbocycles.